The number of nitrogens with zero attached hydrogens (tertiary/aromatic N) is 3. The highest BCUT2D eigenvalue weighted by Crippen LogP contribution is 2.37. The van der Waals surface area contributed by atoms with Gasteiger partial charge in [-0.3, -0.25) is 9.59 Å². The minimum Gasteiger partial charge on any atom is -0.481 e. The summed E-state index contributed by atoms with van der Waals surface area (Å²) in [6.07, 6.45) is 5.81. The third-order valence-electron chi connectivity index (χ3n) is 6.68. The van der Waals surface area contributed by atoms with Gasteiger partial charge in [-0.05, 0) is 38.7 Å². The van der Waals surface area contributed by atoms with Crippen molar-refractivity contribution in [3.05, 3.63) is 18.2 Å². The summed E-state index contributed by atoms with van der Waals surface area (Å²) in [6.45, 7) is 4.91. The van der Waals surface area contributed by atoms with Crippen LogP contribution in [0.25, 0.3) is 0 Å². The Kier molecular flexibility index (Phi) is 5.65. The van der Waals surface area contributed by atoms with E-state index in [0.717, 1.165) is 57.4 Å². The SMILES string of the molecule is COc1cccc(N2CCN(C(=O)[C@@H]3CCCC[C@H]3C(=O)NC3(C)CC3)CC2)n1. The third-order valence-corrected chi connectivity index (χ3v) is 6.68. The van der Waals surface area contributed by atoms with Crippen LogP contribution in [0.15, 0.2) is 18.2 Å². The van der Waals surface area contributed by atoms with E-state index >= 15 is 0 Å². The number of rotatable bonds is 5. The maximum absolute atomic E-state index is 13.3. The molecule has 1 aromatic rings. The molecular formula is C22H32N4O3. The Morgan fingerprint density at radius 2 is 1.79 bits per heavy atom. The highest BCUT2D eigenvalue weighted by atomic mass is 16.5. The van der Waals surface area contributed by atoms with Crippen LogP contribution in [0.4, 0.5) is 5.82 Å². The van der Waals surface area contributed by atoms with Crippen LogP contribution in [0.2, 0.25) is 0 Å². The first-order valence-electron chi connectivity index (χ1n) is 10.9. The number of pyridine rings is 1. The van der Waals surface area contributed by atoms with Gasteiger partial charge in [-0.25, -0.2) is 0 Å². The maximum atomic E-state index is 13.3. The molecule has 0 bridgehead atoms. The maximum Gasteiger partial charge on any atom is 0.226 e. The predicted molar refractivity (Wildman–Crippen MR) is 111 cm³/mol. The van der Waals surface area contributed by atoms with Gasteiger partial charge in [-0.1, -0.05) is 18.9 Å². The molecular weight excluding hydrogens is 368 g/mol. The molecule has 7 heteroatoms. The molecule has 2 aliphatic carbocycles. The summed E-state index contributed by atoms with van der Waals surface area (Å²) in [4.78, 5) is 34.8. The van der Waals surface area contributed by atoms with Crippen molar-refractivity contribution >= 4 is 17.6 Å². The van der Waals surface area contributed by atoms with Crippen LogP contribution in [-0.2, 0) is 9.59 Å². The molecule has 3 fully saturated rings. The van der Waals surface area contributed by atoms with Gasteiger partial charge < -0.3 is 19.9 Å². The number of amides is 2. The van der Waals surface area contributed by atoms with Gasteiger partial charge in [0.2, 0.25) is 17.7 Å². The number of piperazine rings is 1. The molecule has 2 amide bonds. The molecule has 0 radical (unpaired) electrons. The molecule has 29 heavy (non-hydrogen) atoms. The van der Waals surface area contributed by atoms with Gasteiger partial charge in [0.1, 0.15) is 5.82 Å². The van der Waals surface area contributed by atoms with E-state index in [4.69, 9.17) is 4.74 Å². The summed E-state index contributed by atoms with van der Waals surface area (Å²) >= 11 is 0. The first-order chi connectivity index (χ1) is 14.0. The van der Waals surface area contributed by atoms with Crippen molar-refractivity contribution in [2.75, 3.05) is 38.2 Å². The van der Waals surface area contributed by atoms with Gasteiger partial charge in [-0.2, -0.15) is 4.98 Å². The van der Waals surface area contributed by atoms with Crippen molar-refractivity contribution in [1.29, 1.82) is 0 Å². The summed E-state index contributed by atoms with van der Waals surface area (Å²) in [7, 11) is 1.61. The molecule has 7 nitrogen and oxygen atoms in total. The zero-order valence-corrected chi connectivity index (χ0v) is 17.5. The Balaban J connectivity index is 1.36. The average Bonchev–Trinajstić information content (AvgIpc) is 3.49. The molecule has 1 N–H and O–H groups in total. The lowest BCUT2D eigenvalue weighted by Gasteiger charge is -2.39. The van der Waals surface area contributed by atoms with Crippen LogP contribution >= 0.6 is 0 Å². The van der Waals surface area contributed by atoms with Gasteiger partial charge >= 0.3 is 0 Å². The first kappa shape index (κ1) is 20.0. The number of nitrogens with one attached hydrogen (secondary N) is 1. The minimum atomic E-state index is -0.174. The Hall–Kier alpha value is -2.31. The molecule has 1 aliphatic heterocycles. The molecule has 2 atom stereocenters. The monoisotopic (exact) mass is 400 g/mol. The van der Waals surface area contributed by atoms with Gasteiger partial charge in [-0.15, -0.1) is 0 Å². The third kappa shape index (κ3) is 4.49. The smallest absolute Gasteiger partial charge is 0.226 e. The molecule has 0 unspecified atom stereocenters. The Labute approximate surface area is 172 Å². The summed E-state index contributed by atoms with van der Waals surface area (Å²) < 4.78 is 5.22. The topological polar surface area (TPSA) is 74.8 Å². The lowest BCUT2D eigenvalue weighted by molar-refractivity contribution is -0.144. The standard InChI is InChI=1S/C22H32N4O3/c1-22(10-11-22)24-20(27)16-6-3-4-7-17(16)21(28)26-14-12-25(13-15-26)18-8-5-9-19(23-18)29-2/h5,8-9,16-17H,3-4,6-7,10-15H2,1-2H3,(H,24,27)/t16-,17-/m1/s1. The quantitative estimate of drug-likeness (QED) is 0.820. The summed E-state index contributed by atoms with van der Waals surface area (Å²) in [5.74, 6) is 1.37. The van der Waals surface area contributed by atoms with Gasteiger partial charge in [0, 0.05) is 49.6 Å². The summed E-state index contributed by atoms with van der Waals surface area (Å²) in [5, 5.41) is 3.19. The van der Waals surface area contributed by atoms with E-state index in [0.29, 0.717) is 19.0 Å². The number of carbonyl (C=O) groups is 2. The van der Waals surface area contributed by atoms with E-state index < -0.39 is 0 Å². The molecule has 1 aromatic heterocycles. The molecule has 2 saturated carbocycles. The van der Waals surface area contributed by atoms with E-state index in [1.165, 1.54) is 0 Å². The molecule has 1 saturated heterocycles. The van der Waals surface area contributed by atoms with E-state index in [1.807, 2.05) is 23.1 Å². The lowest BCUT2D eigenvalue weighted by atomic mass is 9.77. The number of anilines is 1. The number of aromatic nitrogens is 1. The summed E-state index contributed by atoms with van der Waals surface area (Å²) in [6, 6.07) is 5.74. The number of carbonyl (C=O) groups excluding carboxylic acids is 2. The van der Waals surface area contributed by atoms with Crippen molar-refractivity contribution in [3.63, 3.8) is 0 Å². The average molecular weight is 401 g/mol. The molecule has 0 aromatic carbocycles. The fraction of sp³-hybridized carbons (Fsp3) is 0.682. The second-order valence-electron chi connectivity index (χ2n) is 8.90. The van der Waals surface area contributed by atoms with E-state index in [1.54, 1.807) is 7.11 Å². The van der Waals surface area contributed by atoms with Crippen molar-refractivity contribution in [3.8, 4) is 5.88 Å². The van der Waals surface area contributed by atoms with Gasteiger partial charge in [0.15, 0.2) is 0 Å². The van der Waals surface area contributed by atoms with Gasteiger partial charge in [0.25, 0.3) is 0 Å². The van der Waals surface area contributed by atoms with Gasteiger partial charge in [0.05, 0.1) is 7.11 Å². The molecule has 3 aliphatic rings. The van der Waals surface area contributed by atoms with Crippen molar-refractivity contribution in [2.24, 2.45) is 11.8 Å². The van der Waals surface area contributed by atoms with Crippen LogP contribution in [0.5, 0.6) is 5.88 Å². The van der Waals surface area contributed by atoms with Crippen molar-refractivity contribution < 1.29 is 14.3 Å². The Morgan fingerprint density at radius 1 is 1.10 bits per heavy atom. The largest absolute Gasteiger partial charge is 0.481 e. The van der Waals surface area contributed by atoms with Crippen LogP contribution in [0, 0.1) is 11.8 Å². The van der Waals surface area contributed by atoms with Crippen molar-refractivity contribution in [2.45, 2.75) is 51.0 Å². The van der Waals surface area contributed by atoms with E-state index in [2.05, 4.69) is 22.1 Å². The fourth-order valence-electron chi connectivity index (χ4n) is 4.53. The first-order valence-corrected chi connectivity index (χ1v) is 10.9. The van der Waals surface area contributed by atoms with E-state index in [-0.39, 0.29) is 29.2 Å². The second kappa shape index (κ2) is 8.20. The van der Waals surface area contributed by atoms with E-state index in [9.17, 15) is 9.59 Å². The number of methoxy groups -OCH3 is 1. The second-order valence-corrected chi connectivity index (χ2v) is 8.90. The predicted octanol–water partition coefficient (Wildman–Crippen LogP) is 2.21. The zero-order valence-electron chi connectivity index (χ0n) is 17.5. The number of ether oxygens (including phenoxy) is 1. The molecule has 2 heterocycles. The normalized spacial score (nSPS) is 26.0. The van der Waals surface area contributed by atoms with Crippen LogP contribution in [0.3, 0.4) is 0 Å². The number of hydrogen-bond donors (Lipinski definition) is 1. The molecule has 4 rings (SSSR count). The highest BCUT2D eigenvalue weighted by molar-refractivity contribution is 5.88. The Morgan fingerprint density at radius 3 is 2.45 bits per heavy atom. The van der Waals surface area contributed by atoms with Crippen LogP contribution in [0.1, 0.15) is 45.4 Å². The zero-order chi connectivity index (χ0) is 20.4. The van der Waals surface area contributed by atoms with Crippen LogP contribution < -0.4 is 15.0 Å². The fourth-order valence-corrected chi connectivity index (χ4v) is 4.53. The minimum absolute atomic E-state index is 0.0303. The number of hydrogen-bond acceptors (Lipinski definition) is 5. The molecule has 0 spiro atoms. The highest BCUT2D eigenvalue weighted by Gasteiger charge is 2.44. The van der Waals surface area contributed by atoms with Crippen molar-refractivity contribution in [1.82, 2.24) is 15.2 Å². The lowest BCUT2D eigenvalue weighted by Crippen LogP contribution is -2.53. The Bertz CT molecular complexity index is 756. The van der Waals surface area contributed by atoms with Crippen LogP contribution in [-0.4, -0.2) is 60.5 Å². The summed E-state index contributed by atoms with van der Waals surface area (Å²) in [5.41, 5.74) is -0.0303. The molecule has 158 valence electrons.